The summed E-state index contributed by atoms with van der Waals surface area (Å²) in [6.07, 6.45) is 5.22. The van der Waals surface area contributed by atoms with Gasteiger partial charge in [0.1, 0.15) is 0 Å². The van der Waals surface area contributed by atoms with E-state index in [9.17, 15) is 0 Å². The molecule has 0 N–H and O–H groups in total. The van der Waals surface area contributed by atoms with Gasteiger partial charge in [-0.15, -0.1) is 6.58 Å². The molecule has 0 aliphatic heterocycles. The summed E-state index contributed by atoms with van der Waals surface area (Å²) in [6, 6.07) is 0. The van der Waals surface area contributed by atoms with E-state index >= 15 is 0 Å². The molecule has 0 bridgehead atoms. The van der Waals surface area contributed by atoms with Crippen molar-refractivity contribution in [2.24, 2.45) is 11.3 Å². The highest BCUT2D eigenvalue weighted by Crippen LogP contribution is 2.39. The van der Waals surface area contributed by atoms with E-state index in [4.69, 9.17) is 0 Å². The molecule has 0 heteroatoms. The molecule has 0 nitrogen and oxygen atoms in total. The molecule has 0 aliphatic rings. The van der Waals surface area contributed by atoms with Crippen LogP contribution >= 0.6 is 0 Å². The Hall–Kier alpha value is -0.780. The lowest BCUT2D eigenvalue weighted by Crippen LogP contribution is -2.24. The average Bonchev–Trinajstić information content (AvgIpc) is 2.25. The van der Waals surface area contributed by atoms with Gasteiger partial charge in [0.2, 0.25) is 0 Å². The summed E-state index contributed by atoms with van der Waals surface area (Å²) >= 11 is 0. The first-order valence-corrected chi connectivity index (χ1v) is 6.19. The smallest absolute Gasteiger partial charge is 0.00848 e. The third-order valence-corrected chi connectivity index (χ3v) is 4.31. The summed E-state index contributed by atoms with van der Waals surface area (Å²) in [5, 5.41) is 0. The van der Waals surface area contributed by atoms with Crippen molar-refractivity contribution in [3.8, 4) is 0 Å². The van der Waals surface area contributed by atoms with Crippen molar-refractivity contribution < 1.29 is 0 Å². The van der Waals surface area contributed by atoms with Crippen LogP contribution in [0.5, 0.6) is 0 Å². The van der Waals surface area contributed by atoms with Gasteiger partial charge in [-0.1, -0.05) is 49.6 Å². The normalized spacial score (nSPS) is 16.8. The van der Waals surface area contributed by atoms with Crippen molar-refractivity contribution in [2.45, 2.75) is 54.9 Å². The van der Waals surface area contributed by atoms with Crippen LogP contribution in [0.4, 0.5) is 0 Å². The molecular weight excluding hydrogens is 192 g/mol. The summed E-state index contributed by atoms with van der Waals surface area (Å²) in [5.41, 5.74) is 4.66. The Bertz CT molecular complexity index is 300. The monoisotopic (exact) mass is 220 g/mol. The first kappa shape index (κ1) is 15.2. The Morgan fingerprint density at radius 1 is 1.25 bits per heavy atom. The van der Waals surface area contributed by atoms with Crippen molar-refractivity contribution in [3.63, 3.8) is 0 Å². The Labute approximate surface area is 102 Å². The van der Waals surface area contributed by atoms with Crippen LogP contribution < -0.4 is 0 Å². The van der Waals surface area contributed by atoms with Gasteiger partial charge in [0.25, 0.3) is 0 Å². The maximum atomic E-state index is 3.81. The zero-order chi connectivity index (χ0) is 12.9. The van der Waals surface area contributed by atoms with Crippen LogP contribution in [0, 0.1) is 11.3 Å². The van der Waals surface area contributed by atoms with Crippen LogP contribution in [0.25, 0.3) is 0 Å². The quantitative estimate of drug-likeness (QED) is 0.535. The van der Waals surface area contributed by atoms with Gasteiger partial charge in [0, 0.05) is 0 Å². The summed E-state index contributed by atoms with van der Waals surface area (Å²) in [6.45, 7) is 19.6. The second kappa shape index (κ2) is 6.08. The van der Waals surface area contributed by atoms with Gasteiger partial charge < -0.3 is 0 Å². The highest BCUT2D eigenvalue weighted by Gasteiger charge is 2.28. The molecule has 0 fully saturated rings. The average molecular weight is 220 g/mol. The van der Waals surface area contributed by atoms with E-state index in [0.717, 1.165) is 6.42 Å². The van der Waals surface area contributed by atoms with Crippen LogP contribution in [-0.4, -0.2) is 0 Å². The fourth-order valence-corrected chi connectivity index (χ4v) is 2.00. The summed E-state index contributed by atoms with van der Waals surface area (Å²) < 4.78 is 0. The van der Waals surface area contributed by atoms with Crippen LogP contribution in [0.1, 0.15) is 54.9 Å². The molecule has 0 saturated heterocycles. The predicted octanol–water partition coefficient (Wildman–Crippen LogP) is 5.53. The molecule has 0 aliphatic carbocycles. The molecule has 0 rings (SSSR count). The Morgan fingerprint density at radius 2 is 1.75 bits per heavy atom. The first-order valence-electron chi connectivity index (χ1n) is 6.19. The summed E-state index contributed by atoms with van der Waals surface area (Å²) in [4.78, 5) is 0. The second-order valence-electron chi connectivity index (χ2n) is 5.37. The molecular formula is C16H28. The largest absolute Gasteiger partial charge is 0.103 e. The maximum Gasteiger partial charge on any atom is -0.00848 e. The zero-order valence-corrected chi connectivity index (χ0v) is 12.1. The lowest BCUT2D eigenvalue weighted by atomic mass is 9.70. The summed E-state index contributed by atoms with van der Waals surface area (Å²) in [5.74, 6) is 0.573. The van der Waals surface area contributed by atoms with E-state index in [1.54, 1.807) is 0 Å². The molecule has 0 radical (unpaired) electrons. The molecule has 0 saturated carbocycles. The summed E-state index contributed by atoms with van der Waals surface area (Å²) in [7, 11) is 0. The van der Waals surface area contributed by atoms with Gasteiger partial charge in [-0.2, -0.15) is 0 Å². The van der Waals surface area contributed by atoms with Crippen LogP contribution in [0.2, 0.25) is 0 Å². The van der Waals surface area contributed by atoms with E-state index in [0.29, 0.717) is 5.92 Å². The van der Waals surface area contributed by atoms with Crippen LogP contribution in [0.15, 0.2) is 35.5 Å². The van der Waals surface area contributed by atoms with Crippen molar-refractivity contribution in [2.75, 3.05) is 0 Å². The van der Waals surface area contributed by atoms with Gasteiger partial charge in [-0.25, -0.2) is 0 Å². The van der Waals surface area contributed by atoms with E-state index in [2.05, 4.69) is 61.1 Å². The highest BCUT2D eigenvalue weighted by molar-refractivity contribution is 5.22. The van der Waals surface area contributed by atoms with E-state index in [1.165, 1.54) is 16.7 Å². The lowest BCUT2D eigenvalue weighted by Gasteiger charge is -2.35. The SMILES string of the molecule is C=CC/C(C)=C(\C)C(C)C(C)(C)C(C)=CC. The highest BCUT2D eigenvalue weighted by atomic mass is 14.3. The van der Waals surface area contributed by atoms with Gasteiger partial charge in [-0.05, 0) is 45.4 Å². The van der Waals surface area contributed by atoms with Crippen molar-refractivity contribution in [1.82, 2.24) is 0 Å². The maximum absolute atomic E-state index is 3.81. The molecule has 0 aromatic rings. The molecule has 0 spiro atoms. The fourth-order valence-electron chi connectivity index (χ4n) is 2.00. The number of hydrogen-bond donors (Lipinski definition) is 0. The van der Waals surface area contributed by atoms with Crippen molar-refractivity contribution >= 4 is 0 Å². The minimum atomic E-state index is 0.237. The van der Waals surface area contributed by atoms with Crippen molar-refractivity contribution in [1.29, 1.82) is 0 Å². The Kier molecular flexibility index (Phi) is 5.78. The number of allylic oxidation sites excluding steroid dienone is 5. The molecule has 0 heterocycles. The molecule has 16 heavy (non-hydrogen) atoms. The third kappa shape index (κ3) is 3.37. The Balaban J connectivity index is 5.13. The fraction of sp³-hybridized carbons (Fsp3) is 0.625. The molecule has 92 valence electrons. The molecule has 0 amide bonds. The zero-order valence-electron chi connectivity index (χ0n) is 12.1. The van der Waals surface area contributed by atoms with Gasteiger partial charge in [0.15, 0.2) is 0 Å². The number of hydrogen-bond acceptors (Lipinski definition) is 0. The first-order chi connectivity index (χ1) is 7.28. The van der Waals surface area contributed by atoms with Gasteiger partial charge in [0.05, 0.1) is 0 Å². The van der Waals surface area contributed by atoms with E-state index in [-0.39, 0.29) is 5.41 Å². The Morgan fingerprint density at radius 3 is 2.12 bits per heavy atom. The minimum Gasteiger partial charge on any atom is -0.103 e. The van der Waals surface area contributed by atoms with Crippen LogP contribution in [0.3, 0.4) is 0 Å². The number of rotatable bonds is 5. The van der Waals surface area contributed by atoms with Crippen molar-refractivity contribution in [3.05, 3.63) is 35.5 Å². The lowest BCUT2D eigenvalue weighted by molar-refractivity contribution is 0.325. The molecule has 1 atom stereocenters. The third-order valence-electron chi connectivity index (χ3n) is 4.31. The van der Waals surface area contributed by atoms with E-state index in [1.807, 2.05) is 6.08 Å². The van der Waals surface area contributed by atoms with Gasteiger partial charge >= 0.3 is 0 Å². The van der Waals surface area contributed by atoms with Crippen LogP contribution in [-0.2, 0) is 0 Å². The van der Waals surface area contributed by atoms with Gasteiger partial charge in [-0.3, -0.25) is 0 Å². The standard InChI is InChI=1S/C16H28/c1-9-11-12(3)14(5)15(6)16(7,8)13(4)10-2/h9-10,15H,1,11H2,2-8H3/b13-10?,14-12+. The predicted molar refractivity (Wildman–Crippen MR) is 75.6 cm³/mol. The molecule has 1 unspecified atom stereocenters. The minimum absolute atomic E-state index is 0.237. The molecule has 0 aromatic carbocycles. The second-order valence-corrected chi connectivity index (χ2v) is 5.37. The topological polar surface area (TPSA) is 0 Å². The van der Waals surface area contributed by atoms with E-state index < -0.39 is 0 Å². The molecule has 0 aromatic heterocycles.